The fourth-order valence-corrected chi connectivity index (χ4v) is 1.73. The van der Waals surface area contributed by atoms with Crippen LogP contribution in [-0.2, 0) is 11.2 Å². The zero-order valence-corrected chi connectivity index (χ0v) is 9.18. The first-order valence-corrected chi connectivity index (χ1v) is 4.68. The average Bonchev–Trinajstić information content (AvgIpc) is 2.01. The molecule has 1 rings (SSSR count). The molecule has 1 aromatic carbocycles. The molecule has 0 spiro atoms. The average molecular weight is 192 g/mol. The number of hydrogen-bond donors (Lipinski definition) is 0. The molecule has 0 unspecified atom stereocenters. The third kappa shape index (κ3) is 2.34. The lowest BCUT2D eigenvalue weighted by Gasteiger charge is -2.11. The smallest absolute Gasteiger partial charge is 0.134 e. The van der Waals surface area contributed by atoms with Gasteiger partial charge in [-0.2, -0.15) is 0 Å². The Balaban J connectivity index is 3.17. The van der Waals surface area contributed by atoms with E-state index in [0.717, 1.165) is 16.9 Å². The molecule has 0 amide bonds. The second kappa shape index (κ2) is 4.27. The van der Waals surface area contributed by atoms with Gasteiger partial charge in [0, 0.05) is 12.0 Å². The van der Waals surface area contributed by atoms with Gasteiger partial charge in [-0.1, -0.05) is 17.7 Å². The summed E-state index contributed by atoms with van der Waals surface area (Å²) in [6, 6.07) is 4.07. The number of carbonyl (C=O) groups excluding carboxylic acids is 1. The molecule has 2 nitrogen and oxygen atoms in total. The van der Waals surface area contributed by atoms with Crippen LogP contribution in [0.5, 0.6) is 5.75 Å². The van der Waals surface area contributed by atoms with Crippen LogP contribution < -0.4 is 4.74 Å². The van der Waals surface area contributed by atoms with Crippen LogP contribution in [0.4, 0.5) is 0 Å². The topological polar surface area (TPSA) is 26.3 Å². The molecule has 0 N–H and O–H groups in total. The van der Waals surface area contributed by atoms with Gasteiger partial charge in [-0.05, 0) is 26.3 Å². The maximum absolute atomic E-state index is 11.0. The van der Waals surface area contributed by atoms with Gasteiger partial charge in [0.15, 0.2) is 0 Å². The third-order valence-electron chi connectivity index (χ3n) is 2.14. The molecule has 2 heteroatoms. The molecular formula is C12H16O2. The van der Waals surface area contributed by atoms with Crippen LogP contribution >= 0.6 is 0 Å². The van der Waals surface area contributed by atoms with Crippen molar-refractivity contribution >= 4 is 5.78 Å². The zero-order valence-electron chi connectivity index (χ0n) is 9.18. The molecule has 14 heavy (non-hydrogen) atoms. The maximum Gasteiger partial charge on any atom is 0.134 e. The molecule has 0 radical (unpaired) electrons. The number of rotatable bonds is 3. The van der Waals surface area contributed by atoms with Crippen LogP contribution in [0.25, 0.3) is 0 Å². The van der Waals surface area contributed by atoms with E-state index >= 15 is 0 Å². The fraction of sp³-hybridized carbons (Fsp3) is 0.417. The summed E-state index contributed by atoms with van der Waals surface area (Å²) in [5, 5.41) is 0. The number of aryl methyl sites for hydroxylation is 2. The predicted octanol–water partition coefficient (Wildman–Crippen LogP) is 2.44. The van der Waals surface area contributed by atoms with Gasteiger partial charge >= 0.3 is 0 Å². The molecule has 0 saturated heterocycles. The number of ether oxygens (including phenoxy) is 1. The molecule has 0 aromatic heterocycles. The lowest BCUT2D eigenvalue weighted by atomic mass is 10.0. The van der Waals surface area contributed by atoms with E-state index in [1.165, 1.54) is 5.56 Å². The van der Waals surface area contributed by atoms with Crippen molar-refractivity contribution in [1.82, 2.24) is 0 Å². The first-order chi connectivity index (χ1) is 6.54. The van der Waals surface area contributed by atoms with Crippen molar-refractivity contribution in [2.45, 2.75) is 27.2 Å². The fourth-order valence-electron chi connectivity index (χ4n) is 1.73. The standard InChI is InChI=1S/C12H16O2/c1-8-5-9(2)12(14-4)11(6-8)7-10(3)13/h5-6H,7H2,1-4H3. The minimum atomic E-state index is 0.160. The van der Waals surface area contributed by atoms with E-state index in [2.05, 4.69) is 6.07 Å². The second-order valence-corrected chi connectivity index (χ2v) is 3.65. The van der Waals surface area contributed by atoms with E-state index in [9.17, 15) is 4.79 Å². The van der Waals surface area contributed by atoms with Crippen molar-refractivity contribution in [2.75, 3.05) is 7.11 Å². The van der Waals surface area contributed by atoms with Crippen LogP contribution in [0, 0.1) is 13.8 Å². The van der Waals surface area contributed by atoms with Gasteiger partial charge in [0.1, 0.15) is 11.5 Å². The highest BCUT2D eigenvalue weighted by atomic mass is 16.5. The van der Waals surface area contributed by atoms with Crippen molar-refractivity contribution in [3.8, 4) is 5.75 Å². The maximum atomic E-state index is 11.0. The molecule has 0 aliphatic rings. The van der Waals surface area contributed by atoms with Crippen LogP contribution in [0.15, 0.2) is 12.1 Å². The minimum absolute atomic E-state index is 0.160. The Morgan fingerprint density at radius 2 is 2.00 bits per heavy atom. The number of carbonyl (C=O) groups is 1. The van der Waals surface area contributed by atoms with Crippen molar-refractivity contribution in [3.05, 3.63) is 28.8 Å². The Bertz CT molecular complexity index is 354. The van der Waals surface area contributed by atoms with Gasteiger partial charge in [0.05, 0.1) is 7.11 Å². The first-order valence-electron chi connectivity index (χ1n) is 4.68. The Hall–Kier alpha value is -1.31. The molecule has 76 valence electrons. The summed E-state index contributed by atoms with van der Waals surface area (Å²) in [5.41, 5.74) is 3.24. The number of Topliss-reactive ketones (excluding diaryl/α,β-unsaturated/α-hetero) is 1. The van der Waals surface area contributed by atoms with Crippen molar-refractivity contribution in [1.29, 1.82) is 0 Å². The number of hydrogen-bond acceptors (Lipinski definition) is 2. The van der Waals surface area contributed by atoms with E-state index in [0.29, 0.717) is 6.42 Å². The molecule has 0 saturated carbocycles. The molecule has 0 aliphatic carbocycles. The highest BCUT2D eigenvalue weighted by Gasteiger charge is 2.08. The SMILES string of the molecule is COc1c(C)cc(C)cc1CC(C)=O. The lowest BCUT2D eigenvalue weighted by molar-refractivity contribution is -0.116. The van der Waals surface area contributed by atoms with Crippen LogP contribution in [0.1, 0.15) is 23.6 Å². The number of benzene rings is 1. The molecular weight excluding hydrogens is 176 g/mol. The van der Waals surface area contributed by atoms with Gasteiger partial charge in [-0.3, -0.25) is 4.79 Å². The zero-order chi connectivity index (χ0) is 10.7. The minimum Gasteiger partial charge on any atom is -0.496 e. The molecule has 0 heterocycles. The highest BCUT2D eigenvalue weighted by Crippen LogP contribution is 2.25. The quantitative estimate of drug-likeness (QED) is 0.735. The molecule has 0 bridgehead atoms. The van der Waals surface area contributed by atoms with Gasteiger partial charge in [-0.25, -0.2) is 0 Å². The normalized spacial score (nSPS) is 10.0. The largest absolute Gasteiger partial charge is 0.496 e. The van der Waals surface area contributed by atoms with Crippen LogP contribution in [-0.4, -0.2) is 12.9 Å². The summed E-state index contributed by atoms with van der Waals surface area (Å²) < 4.78 is 5.28. The summed E-state index contributed by atoms with van der Waals surface area (Å²) in [4.78, 5) is 11.0. The summed E-state index contributed by atoms with van der Waals surface area (Å²) in [6.07, 6.45) is 0.450. The first kappa shape index (κ1) is 10.8. The Morgan fingerprint density at radius 1 is 1.36 bits per heavy atom. The van der Waals surface area contributed by atoms with Crippen LogP contribution in [0.3, 0.4) is 0 Å². The second-order valence-electron chi connectivity index (χ2n) is 3.65. The van der Waals surface area contributed by atoms with Crippen LogP contribution in [0.2, 0.25) is 0 Å². The van der Waals surface area contributed by atoms with Gasteiger partial charge < -0.3 is 4.74 Å². The number of ketones is 1. The van der Waals surface area contributed by atoms with Gasteiger partial charge in [-0.15, -0.1) is 0 Å². The summed E-state index contributed by atoms with van der Waals surface area (Å²) >= 11 is 0. The van der Waals surface area contributed by atoms with Crippen molar-refractivity contribution in [2.24, 2.45) is 0 Å². The highest BCUT2D eigenvalue weighted by molar-refractivity contribution is 5.79. The molecule has 0 atom stereocenters. The summed E-state index contributed by atoms with van der Waals surface area (Å²) in [7, 11) is 1.64. The van der Waals surface area contributed by atoms with E-state index in [-0.39, 0.29) is 5.78 Å². The monoisotopic (exact) mass is 192 g/mol. The van der Waals surface area contributed by atoms with Gasteiger partial charge in [0.25, 0.3) is 0 Å². The van der Waals surface area contributed by atoms with Gasteiger partial charge in [0.2, 0.25) is 0 Å². The van der Waals surface area contributed by atoms with E-state index in [1.807, 2.05) is 19.9 Å². The van der Waals surface area contributed by atoms with E-state index in [4.69, 9.17) is 4.74 Å². The Labute approximate surface area is 84.9 Å². The summed E-state index contributed by atoms with van der Waals surface area (Å²) in [6.45, 7) is 5.61. The molecule has 1 aromatic rings. The van der Waals surface area contributed by atoms with E-state index in [1.54, 1.807) is 14.0 Å². The number of methoxy groups -OCH3 is 1. The predicted molar refractivity (Wildman–Crippen MR) is 56.9 cm³/mol. The molecule has 0 fully saturated rings. The summed E-state index contributed by atoms with van der Waals surface area (Å²) in [5.74, 6) is 0.999. The third-order valence-corrected chi connectivity index (χ3v) is 2.14. The van der Waals surface area contributed by atoms with E-state index < -0.39 is 0 Å². The van der Waals surface area contributed by atoms with Crippen molar-refractivity contribution < 1.29 is 9.53 Å². The lowest BCUT2D eigenvalue weighted by Crippen LogP contribution is -2.01. The van der Waals surface area contributed by atoms with Crippen molar-refractivity contribution in [3.63, 3.8) is 0 Å². The Kier molecular flexibility index (Phi) is 3.28. The Morgan fingerprint density at radius 3 is 2.50 bits per heavy atom. The molecule has 0 aliphatic heterocycles.